The van der Waals surface area contributed by atoms with Crippen LogP contribution in [0.25, 0.3) is 6.08 Å². The van der Waals surface area contributed by atoms with Crippen LogP contribution in [0.15, 0.2) is 88.8 Å². The molecule has 0 aromatic heterocycles. The van der Waals surface area contributed by atoms with Gasteiger partial charge in [-0.1, -0.05) is 49.4 Å². The number of likely N-dealkylation sites (N-methyl/N-ethyl adjacent to an activating group) is 1. The molecule has 1 unspecified atom stereocenters. The molecule has 8 heteroatoms. The summed E-state index contributed by atoms with van der Waals surface area (Å²) in [4.78, 5) is 23.5. The highest BCUT2D eigenvalue weighted by atomic mass is 35.5. The molecule has 0 saturated carbocycles. The lowest BCUT2D eigenvalue weighted by Gasteiger charge is -2.27. The zero-order valence-electron chi connectivity index (χ0n) is 22.3. The second-order valence-corrected chi connectivity index (χ2v) is 10.4. The minimum Gasteiger partial charge on any atom is -0.497 e. The van der Waals surface area contributed by atoms with Crippen LogP contribution in [0.4, 0.5) is 5.69 Å². The molecular weight excluding hydrogens is 530 g/mol. The lowest BCUT2D eigenvalue weighted by atomic mass is 10.2. The third-order valence-electron chi connectivity index (χ3n) is 6.91. The van der Waals surface area contributed by atoms with Crippen molar-refractivity contribution in [1.29, 1.82) is 0 Å². The van der Waals surface area contributed by atoms with Crippen LogP contribution >= 0.6 is 24.2 Å². The van der Waals surface area contributed by atoms with Gasteiger partial charge in [-0.05, 0) is 91.3 Å². The molecule has 1 amide bonds. The van der Waals surface area contributed by atoms with Crippen molar-refractivity contribution in [2.75, 3.05) is 26.7 Å². The minimum atomic E-state index is 0. The minimum absolute atomic E-state index is 0. The molecule has 2 aliphatic heterocycles. The maximum Gasteiger partial charge on any atom is 0.266 e. The molecule has 2 aliphatic rings. The first-order chi connectivity index (χ1) is 18.6. The van der Waals surface area contributed by atoms with Gasteiger partial charge < -0.3 is 9.47 Å². The van der Waals surface area contributed by atoms with E-state index >= 15 is 0 Å². The fourth-order valence-corrected chi connectivity index (χ4v) is 5.81. The van der Waals surface area contributed by atoms with Crippen LogP contribution < -0.4 is 9.47 Å². The Morgan fingerprint density at radius 2 is 1.72 bits per heavy atom. The van der Waals surface area contributed by atoms with Crippen molar-refractivity contribution in [3.63, 3.8) is 0 Å². The van der Waals surface area contributed by atoms with Crippen LogP contribution in [0, 0.1) is 0 Å². The lowest BCUT2D eigenvalue weighted by molar-refractivity contribution is -0.122. The number of aliphatic imine (C=N–C) groups is 1. The number of nitrogens with zero attached hydrogens (tertiary/aromatic N) is 3. The zero-order valence-corrected chi connectivity index (χ0v) is 23.9. The van der Waals surface area contributed by atoms with E-state index in [4.69, 9.17) is 14.5 Å². The van der Waals surface area contributed by atoms with E-state index < -0.39 is 0 Å². The quantitative estimate of drug-likeness (QED) is 0.268. The number of carbonyl (C=O) groups is 1. The van der Waals surface area contributed by atoms with E-state index in [9.17, 15) is 4.79 Å². The average Bonchev–Trinajstić information content (AvgIpc) is 3.53. The summed E-state index contributed by atoms with van der Waals surface area (Å²) in [5.74, 6) is 1.59. The first-order valence-electron chi connectivity index (χ1n) is 13.1. The molecule has 0 N–H and O–H groups in total. The second kappa shape index (κ2) is 13.7. The van der Waals surface area contributed by atoms with E-state index in [-0.39, 0.29) is 18.3 Å². The first-order valence-corrected chi connectivity index (χ1v) is 13.9. The summed E-state index contributed by atoms with van der Waals surface area (Å²) in [6, 6.07) is 25.9. The number of benzene rings is 3. The molecule has 1 atom stereocenters. The van der Waals surface area contributed by atoms with E-state index in [1.807, 2.05) is 89.8 Å². The fourth-order valence-electron chi connectivity index (χ4n) is 4.80. The highest BCUT2D eigenvalue weighted by Gasteiger charge is 2.37. The Hall–Kier alpha value is -3.26. The van der Waals surface area contributed by atoms with Crippen LogP contribution in [-0.2, 0) is 11.4 Å². The first kappa shape index (κ1) is 28.7. The van der Waals surface area contributed by atoms with Crippen molar-refractivity contribution < 1.29 is 14.3 Å². The molecule has 5 rings (SSSR count). The molecule has 6 nitrogen and oxygen atoms in total. The Morgan fingerprint density at radius 3 is 2.41 bits per heavy atom. The molecule has 0 bridgehead atoms. The third kappa shape index (κ3) is 7.24. The van der Waals surface area contributed by atoms with Gasteiger partial charge in [0.25, 0.3) is 5.91 Å². The summed E-state index contributed by atoms with van der Waals surface area (Å²) in [5.41, 5.74) is 2.87. The Balaban J connectivity index is 0.00000353. The molecule has 2 fully saturated rings. The monoisotopic (exact) mass is 563 g/mol. The van der Waals surface area contributed by atoms with Crippen LogP contribution in [0.2, 0.25) is 0 Å². The number of hydrogen-bond acceptors (Lipinski definition) is 6. The SMILES string of the molecule is CCN1CCCC1CN1C(=O)/C(=C/c2ccc(OCc3ccccc3)cc2)SC1=Nc1ccc(OC)cc1.Cl. The standard InChI is InChI=1S/C31H33N3O3S.ClH/c1-3-33-19-7-10-26(33)21-34-30(35)29(38-31(34)32-25-13-17-27(36-2)18-14-25)20-23-11-15-28(16-12-23)37-22-24-8-5-4-6-9-24;/h4-6,8-9,11-18,20,26H,3,7,10,19,21-22H2,1-2H3;1H/b29-20-,32-31?;. The predicted molar refractivity (Wildman–Crippen MR) is 162 cm³/mol. The number of likely N-dealkylation sites (tertiary alicyclic amines) is 1. The van der Waals surface area contributed by atoms with Gasteiger partial charge in [0.05, 0.1) is 17.7 Å². The second-order valence-electron chi connectivity index (χ2n) is 9.39. The Kier molecular flexibility index (Phi) is 10.1. The highest BCUT2D eigenvalue weighted by molar-refractivity contribution is 8.18. The van der Waals surface area contributed by atoms with E-state index in [0.29, 0.717) is 24.1 Å². The van der Waals surface area contributed by atoms with Gasteiger partial charge in [-0.15, -0.1) is 12.4 Å². The molecule has 39 heavy (non-hydrogen) atoms. The van der Waals surface area contributed by atoms with Crippen LogP contribution in [-0.4, -0.2) is 53.7 Å². The van der Waals surface area contributed by atoms with Gasteiger partial charge >= 0.3 is 0 Å². The third-order valence-corrected chi connectivity index (χ3v) is 7.92. The summed E-state index contributed by atoms with van der Waals surface area (Å²) in [6.45, 7) is 5.43. The van der Waals surface area contributed by atoms with Gasteiger partial charge in [0.2, 0.25) is 0 Å². The number of ether oxygens (including phenoxy) is 2. The van der Waals surface area contributed by atoms with Crippen molar-refractivity contribution in [3.05, 3.63) is 94.9 Å². The van der Waals surface area contributed by atoms with Crippen molar-refractivity contribution in [2.45, 2.75) is 32.4 Å². The summed E-state index contributed by atoms with van der Waals surface area (Å²) < 4.78 is 11.2. The number of halogens is 1. The fraction of sp³-hybridized carbons (Fsp3) is 0.290. The van der Waals surface area contributed by atoms with Crippen LogP contribution in [0.3, 0.4) is 0 Å². The molecule has 204 valence electrons. The number of carbonyl (C=O) groups excluding carboxylic acids is 1. The average molecular weight is 564 g/mol. The Morgan fingerprint density at radius 1 is 1.00 bits per heavy atom. The summed E-state index contributed by atoms with van der Waals surface area (Å²) in [5, 5.41) is 0.720. The summed E-state index contributed by atoms with van der Waals surface area (Å²) in [7, 11) is 1.65. The molecule has 0 spiro atoms. The molecule has 3 aromatic rings. The smallest absolute Gasteiger partial charge is 0.266 e. The maximum atomic E-state index is 13.6. The highest BCUT2D eigenvalue weighted by Crippen LogP contribution is 2.36. The van der Waals surface area contributed by atoms with Gasteiger partial charge in [-0.25, -0.2) is 4.99 Å². The zero-order chi connectivity index (χ0) is 26.3. The van der Waals surface area contributed by atoms with E-state index in [2.05, 4.69) is 11.8 Å². The largest absolute Gasteiger partial charge is 0.497 e. The summed E-state index contributed by atoms with van der Waals surface area (Å²) >= 11 is 1.44. The molecule has 0 radical (unpaired) electrons. The van der Waals surface area contributed by atoms with E-state index in [1.54, 1.807) is 7.11 Å². The van der Waals surface area contributed by atoms with Gasteiger partial charge in [0, 0.05) is 12.6 Å². The Labute approximate surface area is 241 Å². The van der Waals surface area contributed by atoms with Crippen LogP contribution in [0.5, 0.6) is 11.5 Å². The molecule has 2 saturated heterocycles. The molecular formula is C31H34ClN3O3S. The number of rotatable bonds is 9. The predicted octanol–water partition coefficient (Wildman–Crippen LogP) is 6.78. The molecule has 2 heterocycles. The van der Waals surface area contributed by atoms with E-state index in [1.165, 1.54) is 18.2 Å². The van der Waals surface area contributed by atoms with Gasteiger partial charge in [0.1, 0.15) is 18.1 Å². The number of hydrogen-bond donors (Lipinski definition) is 0. The van der Waals surface area contributed by atoms with Crippen molar-refractivity contribution in [3.8, 4) is 11.5 Å². The van der Waals surface area contributed by atoms with Gasteiger partial charge in [-0.3, -0.25) is 14.6 Å². The van der Waals surface area contributed by atoms with Gasteiger partial charge in [-0.2, -0.15) is 0 Å². The summed E-state index contributed by atoms with van der Waals surface area (Å²) in [6.07, 6.45) is 4.21. The lowest BCUT2D eigenvalue weighted by Crippen LogP contribution is -2.42. The molecule has 0 aliphatic carbocycles. The van der Waals surface area contributed by atoms with Crippen molar-refractivity contribution in [1.82, 2.24) is 9.80 Å². The molecule has 3 aromatic carbocycles. The topological polar surface area (TPSA) is 54.4 Å². The maximum absolute atomic E-state index is 13.6. The van der Waals surface area contributed by atoms with Crippen LogP contribution in [0.1, 0.15) is 30.9 Å². The van der Waals surface area contributed by atoms with Crippen molar-refractivity contribution >= 4 is 47.0 Å². The number of methoxy groups -OCH3 is 1. The van der Waals surface area contributed by atoms with Gasteiger partial charge in [0.15, 0.2) is 5.17 Å². The number of amidine groups is 1. The number of thioether (sulfide) groups is 1. The number of amides is 1. The normalized spacial score (nSPS) is 19.5. The van der Waals surface area contributed by atoms with E-state index in [0.717, 1.165) is 53.0 Å². The van der Waals surface area contributed by atoms with Crippen molar-refractivity contribution in [2.24, 2.45) is 4.99 Å². The Bertz CT molecular complexity index is 1300.